The standard InChI is InChI=1S/C28H25NO4S/c1-32-27-20-17-23(21-28(27)33-2)14-13-22-15-18-26(19-16-22)34(30,31)29(24-9-5-3-6-10-24)25-11-7-4-8-12-25/h3-21H,1-2H3/b14-13+. The van der Waals surface area contributed by atoms with E-state index in [0.29, 0.717) is 22.9 Å². The zero-order valence-electron chi connectivity index (χ0n) is 19.0. The average molecular weight is 472 g/mol. The van der Waals surface area contributed by atoms with Crippen LogP contribution < -0.4 is 13.8 Å². The van der Waals surface area contributed by atoms with E-state index in [4.69, 9.17) is 9.47 Å². The molecular weight excluding hydrogens is 446 g/mol. The van der Waals surface area contributed by atoms with E-state index >= 15 is 0 Å². The van der Waals surface area contributed by atoms with E-state index in [9.17, 15) is 8.42 Å². The summed E-state index contributed by atoms with van der Waals surface area (Å²) < 4.78 is 39.3. The molecule has 0 atom stereocenters. The largest absolute Gasteiger partial charge is 0.493 e. The van der Waals surface area contributed by atoms with Crippen molar-refractivity contribution in [3.05, 3.63) is 114 Å². The Morgan fingerprint density at radius 3 is 1.65 bits per heavy atom. The van der Waals surface area contributed by atoms with Crippen molar-refractivity contribution in [1.29, 1.82) is 0 Å². The Labute approximate surface area is 200 Å². The van der Waals surface area contributed by atoms with Gasteiger partial charge in [0.05, 0.1) is 30.5 Å². The molecule has 0 aromatic heterocycles. The maximum Gasteiger partial charge on any atom is 0.268 e. The third-order valence-corrected chi connectivity index (χ3v) is 7.05. The molecule has 0 bridgehead atoms. The first-order valence-corrected chi connectivity index (χ1v) is 12.1. The Kier molecular flexibility index (Phi) is 6.99. The SMILES string of the molecule is COc1ccc(/C=C/c2ccc(S(=O)(=O)N(c3ccccc3)c3ccccc3)cc2)cc1OC. The van der Waals surface area contributed by atoms with Crippen molar-refractivity contribution >= 4 is 33.6 Å². The highest BCUT2D eigenvalue weighted by Gasteiger charge is 2.26. The van der Waals surface area contributed by atoms with Crippen LogP contribution in [0.4, 0.5) is 11.4 Å². The van der Waals surface area contributed by atoms with Crippen LogP contribution in [0.25, 0.3) is 12.2 Å². The number of methoxy groups -OCH3 is 2. The van der Waals surface area contributed by atoms with Crippen molar-refractivity contribution in [2.24, 2.45) is 0 Å². The number of ether oxygens (including phenoxy) is 2. The summed E-state index contributed by atoms with van der Waals surface area (Å²) in [5.74, 6) is 1.31. The van der Waals surface area contributed by atoms with Crippen LogP contribution in [0.5, 0.6) is 11.5 Å². The smallest absolute Gasteiger partial charge is 0.268 e. The van der Waals surface area contributed by atoms with Gasteiger partial charge in [0.1, 0.15) is 0 Å². The summed E-state index contributed by atoms with van der Waals surface area (Å²) in [5.41, 5.74) is 2.96. The summed E-state index contributed by atoms with van der Waals surface area (Å²) in [4.78, 5) is 0.212. The van der Waals surface area contributed by atoms with Crippen molar-refractivity contribution in [3.63, 3.8) is 0 Å². The molecule has 0 fully saturated rings. The lowest BCUT2D eigenvalue weighted by molar-refractivity contribution is 0.355. The third-order valence-electron chi connectivity index (χ3n) is 5.28. The van der Waals surface area contributed by atoms with Gasteiger partial charge in [-0.15, -0.1) is 0 Å². The molecule has 0 heterocycles. The summed E-state index contributed by atoms with van der Waals surface area (Å²) in [5, 5.41) is 0. The molecule has 4 aromatic rings. The van der Waals surface area contributed by atoms with E-state index in [0.717, 1.165) is 11.1 Å². The lowest BCUT2D eigenvalue weighted by atomic mass is 10.1. The highest BCUT2D eigenvalue weighted by atomic mass is 32.2. The molecule has 4 rings (SSSR count). The van der Waals surface area contributed by atoms with Gasteiger partial charge < -0.3 is 9.47 Å². The Morgan fingerprint density at radius 2 is 1.12 bits per heavy atom. The molecule has 0 amide bonds. The van der Waals surface area contributed by atoms with Crippen molar-refractivity contribution in [2.45, 2.75) is 4.90 Å². The van der Waals surface area contributed by atoms with E-state index in [1.165, 1.54) is 4.31 Å². The number of para-hydroxylation sites is 2. The van der Waals surface area contributed by atoms with E-state index < -0.39 is 10.0 Å². The maximum absolute atomic E-state index is 13.6. The minimum absolute atomic E-state index is 0.212. The van der Waals surface area contributed by atoms with Crippen LogP contribution in [0, 0.1) is 0 Å². The second-order valence-corrected chi connectivity index (χ2v) is 9.24. The second-order valence-electron chi connectivity index (χ2n) is 7.46. The van der Waals surface area contributed by atoms with Gasteiger partial charge in [-0.2, -0.15) is 0 Å². The third kappa shape index (κ3) is 4.97. The molecule has 34 heavy (non-hydrogen) atoms. The number of rotatable bonds is 8. The molecule has 172 valence electrons. The van der Waals surface area contributed by atoms with Crippen LogP contribution in [-0.2, 0) is 10.0 Å². The first kappa shape index (κ1) is 23.1. The molecule has 4 aromatic carbocycles. The summed E-state index contributed by atoms with van der Waals surface area (Å²) >= 11 is 0. The fraction of sp³-hybridized carbons (Fsp3) is 0.0714. The second kappa shape index (κ2) is 10.3. The topological polar surface area (TPSA) is 55.8 Å². The fourth-order valence-corrected chi connectivity index (χ4v) is 5.05. The zero-order chi connectivity index (χ0) is 24.0. The van der Waals surface area contributed by atoms with Gasteiger partial charge in [-0.05, 0) is 59.7 Å². The van der Waals surface area contributed by atoms with E-state index in [-0.39, 0.29) is 4.90 Å². The molecule has 0 aliphatic heterocycles. The molecule has 5 nitrogen and oxygen atoms in total. The minimum Gasteiger partial charge on any atom is -0.493 e. The molecule has 0 spiro atoms. The Hall–Kier alpha value is -4.03. The molecule has 0 saturated carbocycles. The molecule has 6 heteroatoms. The molecule has 0 saturated heterocycles. The van der Waals surface area contributed by atoms with Gasteiger partial charge in [-0.3, -0.25) is 0 Å². The van der Waals surface area contributed by atoms with Gasteiger partial charge in [0.2, 0.25) is 0 Å². The number of benzene rings is 4. The van der Waals surface area contributed by atoms with Gasteiger partial charge in [0.15, 0.2) is 11.5 Å². The first-order chi connectivity index (χ1) is 16.5. The maximum atomic E-state index is 13.6. The molecule has 0 unspecified atom stereocenters. The molecular formula is C28H25NO4S. The summed E-state index contributed by atoms with van der Waals surface area (Å²) in [6, 6.07) is 30.6. The molecule has 0 radical (unpaired) electrons. The summed E-state index contributed by atoms with van der Waals surface area (Å²) in [6.07, 6.45) is 3.86. The van der Waals surface area contributed by atoms with Gasteiger partial charge in [0, 0.05) is 0 Å². The minimum atomic E-state index is -3.83. The predicted molar refractivity (Wildman–Crippen MR) is 137 cm³/mol. The van der Waals surface area contributed by atoms with Crippen molar-refractivity contribution in [1.82, 2.24) is 0 Å². The molecule has 0 N–H and O–H groups in total. The predicted octanol–water partition coefficient (Wildman–Crippen LogP) is 6.40. The fourth-order valence-electron chi connectivity index (χ4n) is 3.56. The van der Waals surface area contributed by atoms with Gasteiger partial charge in [0.25, 0.3) is 10.0 Å². The van der Waals surface area contributed by atoms with Crippen LogP contribution in [0.2, 0.25) is 0 Å². The lowest BCUT2D eigenvalue weighted by Crippen LogP contribution is -2.26. The van der Waals surface area contributed by atoms with Gasteiger partial charge in [-0.1, -0.05) is 66.7 Å². The Bertz CT molecular complexity index is 1330. The van der Waals surface area contributed by atoms with E-state index in [1.807, 2.05) is 66.7 Å². The van der Waals surface area contributed by atoms with Crippen molar-refractivity contribution in [2.75, 3.05) is 18.5 Å². The number of anilines is 2. The van der Waals surface area contributed by atoms with E-state index in [1.54, 1.807) is 62.8 Å². The van der Waals surface area contributed by atoms with Crippen LogP contribution in [0.15, 0.2) is 108 Å². The monoisotopic (exact) mass is 471 g/mol. The highest BCUT2D eigenvalue weighted by molar-refractivity contribution is 7.93. The average Bonchev–Trinajstić information content (AvgIpc) is 2.88. The summed E-state index contributed by atoms with van der Waals surface area (Å²) in [7, 11) is -0.636. The number of sulfonamides is 1. The summed E-state index contributed by atoms with van der Waals surface area (Å²) in [6.45, 7) is 0. The number of nitrogens with zero attached hydrogens (tertiary/aromatic N) is 1. The van der Waals surface area contributed by atoms with Crippen LogP contribution in [0.3, 0.4) is 0 Å². The number of hydrogen-bond donors (Lipinski definition) is 0. The van der Waals surface area contributed by atoms with E-state index in [2.05, 4.69) is 0 Å². The normalized spacial score (nSPS) is 11.4. The van der Waals surface area contributed by atoms with Crippen LogP contribution >= 0.6 is 0 Å². The number of hydrogen-bond acceptors (Lipinski definition) is 4. The van der Waals surface area contributed by atoms with Gasteiger partial charge in [-0.25, -0.2) is 12.7 Å². The Balaban J connectivity index is 1.63. The molecule has 0 aliphatic rings. The van der Waals surface area contributed by atoms with Crippen molar-refractivity contribution in [3.8, 4) is 11.5 Å². The van der Waals surface area contributed by atoms with Crippen LogP contribution in [-0.4, -0.2) is 22.6 Å². The first-order valence-electron chi connectivity index (χ1n) is 10.7. The molecule has 0 aliphatic carbocycles. The lowest BCUT2D eigenvalue weighted by Gasteiger charge is -2.24. The Morgan fingerprint density at radius 1 is 0.618 bits per heavy atom. The van der Waals surface area contributed by atoms with Crippen LogP contribution in [0.1, 0.15) is 11.1 Å². The highest BCUT2D eigenvalue weighted by Crippen LogP contribution is 2.32. The zero-order valence-corrected chi connectivity index (χ0v) is 19.8. The van der Waals surface area contributed by atoms with Gasteiger partial charge >= 0.3 is 0 Å². The van der Waals surface area contributed by atoms with Crippen molar-refractivity contribution < 1.29 is 17.9 Å². The quantitative estimate of drug-likeness (QED) is 0.279.